The number of thiophene rings is 1. The molecule has 0 fully saturated rings. The Balaban J connectivity index is 2.04. The standard InChI is InChI=1S/C17H13F5N2O3S/c1-2-27-17(26)8-6-3-4-23-5-7(6)28-16(8)24-15(25)9-10(18)12(20)14(22)13(21)11(9)19/h23H,2-5H2,1H3,(H,24,25). The third-order valence-electron chi connectivity index (χ3n) is 4.07. The quantitative estimate of drug-likeness (QED) is 0.344. The molecule has 2 aromatic rings. The Labute approximate surface area is 159 Å². The Morgan fingerprint density at radius 1 is 1.04 bits per heavy atom. The van der Waals surface area contributed by atoms with Crippen LogP contribution in [0, 0.1) is 29.1 Å². The summed E-state index contributed by atoms with van der Waals surface area (Å²) in [6.45, 7) is 2.57. The minimum Gasteiger partial charge on any atom is -0.462 e. The molecule has 5 nitrogen and oxygen atoms in total. The maximum atomic E-state index is 13.9. The lowest BCUT2D eigenvalue weighted by Crippen LogP contribution is -2.24. The molecule has 2 N–H and O–H groups in total. The van der Waals surface area contributed by atoms with Gasteiger partial charge in [0.2, 0.25) is 5.82 Å². The molecule has 11 heteroatoms. The number of halogens is 5. The monoisotopic (exact) mass is 420 g/mol. The molecule has 28 heavy (non-hydrogen) atoms. The molecule has 0 unspecified atom stereocenters. The summed E-state index contributed by atoms with van der Waals surface area (Å²) < 4.78 is 72.6. The summed E-state index contributed by atoms with van der Waals surface area (Å²) in [5.41, 5.74) is -1.01. The topological polar surface area (TPSA) is 67.4 Å². The van der Waals surface area contributed by atoms with E-state index in [0.717, 1.165) is 11.3 Å². The molecule has 1 aliphatic heterocycles. The summed E-state index contributed by atoms with van der Waals surface area (Å²) in [7, 11) is 0. The Kier molecular flexibility index (Phi) is 5.66. The molecule has 1 aliphatic rings. The molecule has 0 aliphatic carbocycles. The smallest absolute Gasteiger partial charge is 0.341 e. The van der Waals surface area contributed by atoms with Crippen molar-refractivity contribution >= 4 is 28.2 Å². The van der Waals surface area contributed by atoms with Crippen LogP contribution in [0.2, 0.25) is 0 Å². The van der Waals surface area contributed by atoms with Crippen LogP contribution in [-0.4, -0.2) is 25.0 Å². The van der Waals surface area contributed by atoms with E-state index in [9.17, 15) is 31.5 Å². The zero-order valence-electron chi connectivity index (χ0n) is 14.4. The third-order valence-corrected chi connectivity index (χ3v) is 5.22. The molecule has 2 heterocycles. The Bertz CT molecular complexity index is 947. The van der Waals surface area contributed by atoms with Gasteiger partial charge < -0.3 is 15.4 Å². The third kappa shape index (κ3) is 3.35. The fourth-order valence-electron chi connectivity index (χ4n) is 2.81. The van der Waals surface area contributed by atoms with Gasteiger partial charge in [0.1, 0.15) is 10.6 Å². The van der Waals surface area contributed by atoms with Crippen molar-refractivity contribution < 1.29 is 36.3 Å². The lowest BCUT2D eigenvalue weighted by atomic mass is 10.0. The maximum absolute atomic E-state index is 13.9. The van der Waals surface area contributed by atoms with Crippen LogP contribution in [0.25, 0.3) is 0 Å². The van der Waals surface area contributed by atoms with E-state index in [2.05, 4.69) is 10.6 Å². The van der Waals surface area contributed by atoms with Crippen LogP contribution < -0.4 is 10.6 Å². The van der Waals surface area contributed by atoms with Gasteiger partial charge in [-0.25, -0.2) is 26.7 Å². The van der Waals surface area contributed by atoms with Gasteiger partial charge in [0.15, 0.2) is 23.3 Å². The number of fused-ring (bicyclic) bond motifs is 1. The molecular formula is C17H13F5N2O3S. The van der Waals surface area contributed by atoms with Crippen LogP contribution in [0.5, 0.6) is 0 Å². The zero-order chi connectivity index (χ0) is 20.6. The molecule has 0 saturated heterocycles. The number of esters is 1. The van der Waals surface area contributed by atoms with Crippen LogP contribution >= 0.6 is 11.3 Å². The van der Waals surface area contributed by atoms with Gasteiger partial charge >= 0.3 is 5.97 Å². The van der Waals surface area contributed by atoms with Crippen molar-refractivity contribution in [2.75, 3.05) is 18.5 Å². The van der Waals surface area contributed by atoms with E-state index in [0.29, 0.717) is 30.0 Å². The summed E-state index contributed by atoms with van der Waals surface area (Å²) in [5.74, 6) is -13.7. The molecule has 0 radical (unpaired) electrons. The van der Waals surface area contributed by atoms with Gasteiger partial charge in [-0.1, -0.05) is 0 Å². The molecule has 0 saturated carbocycles. The minimum atomic E-state index is -2.36. The highest BCUT2D eigenvalue weighted by Crippen LogP contribution is 2.36. The highest BCUT2D eigenvalue weighted by Gasteiger charge is 2.32. The van der Waals surface area contributed by atoms with E-state index in [-0.39, 0.29) is 17.2 Å². The number of carbonyl (C=O) groups excluding carboxylic acids is 2. The molecule has 0 bridgehead atoms. The summed E-state index contributed by atoms with van der Waals surface area (Å²) in [6, 6.07) is 0. The second-order valence-corrected chi connectivity index (χ2v) is 6.86. The number of amides is 1. The Morgan fingerprint density at radius 2 is 1.64 bits per heavy atom. The largest absolute Gasteiger partial charge is 0.462 e. The van der Waals surface area contributed by atoms with Crippen molar-refractivity contribution in [1.82, 2.24) is 5.32 Å². The van der Waals surface area contributed by atoms with E-state index in [1.165, 1.54) is 0 Å². The summed E-state index contributed by atoms with van der Waals surface area (Å²) in [6.07, 6.45) is 0.443. The molecule has 1 amide bonds. The van der Waals surface area contributed by atoms with Crippen molar-refractivity contribution in [3.05, 3.63) is 50.7 Å². The molecular weight excluding hydrogens is 407 g/mol. The molecule has 3 rings (SSSR count). The second kappa shape index (κ2) is 7.84. The van der Waals surface area contributed by atoms with Gasteiger partial charge in [0.05, 0.1) is 12.2 Å². The number of benzene rings is 1. The van der Waals surface area contributed by atoms with Crippen LogP contribution in [0.3, 0.4) is 0 Å². The fraction of sp³-hybridized carbons (Fsp3) is 0.294. The fourth-order valence-corrected chi connectivity index (χ4v) is 4.01. The van der Waals surface area contributed by atoms with Crippen LogP contribution in [0.4, 0.5) is 27.0 Å². The van der Waals surface area contributed by atoms with E-state index in [1.54, 1.807) is 6.92 Å². The second-order valence-electron chi connectivity index (χ2n) is 5.75. The van der Waals surface area contributed by atoms with E-state index in [1.807, 2.05) is 0 Å². The first-order valence-electron chi connectivity index (χ1n) is 8.13. The lowest BCUT2D eigenvalue weighted by Gasteiger charge is -2.13. The van der Waals surface area contributed by atoms with E-state index >= 15 is 0 Å². The van der Waals surface area contributed by atoms with Crippen molar-refractivity contribution in [2.24, 2.45) is 0 Å². The average Bonchev–Trinajstić information content (AvgIpc) is 3.03. The summed E-state index contributed by atoms with van der Waals surface area (Å²) in [5, 5.41) is 5.07. The van der Waals surface area contributed by atoms with Crippen molar-refractivity contribution in [1.29, 1.82) is 0 Å². The first kappa shape index (κ1) is 20.2. The van der Waals surface area contributed by atoms with Gasteiger partial charge in [0.25, 0.3) is 5.91 Å². The minimum absolute atomic E-state index is 0.0144. The van der Waals surface area contributed by atoms with Gasteiger partial charge in [-0.2, -0.15) is 0 Å². The summed E-state index contributed by atoms with van der Waals surface area (Å²) in [4.78, 5) is 25.3. The van der Waals surface area contributed by atoms with Crippen LogP contribution in [-0.2, 0) is 17.7 Å². The predicted molar refractivity (Wildman–Crippen MR) is 89.9 cm³/mol. The highest BCUT2D eigenvalue weighted by molar-refractivity contribution is 7.17. The first-order chi connectivity index (χ1) is 13.3. The number of anilines is 1. The van der Waals surface area contributed by atoms with Gasteiger partial charge in [0, 0.05) is 11.4 Å². The number of hydrogen-bond acceptors (Lipinski definition) is 5. The van der Waals surface area contributed by atoms with Crippen LogP contribution in [0.15, 0.2) is 0 Å². The molecule has 1 aromatic heterocycles. The first-order valence-corrected chi connectivity index (χ1v) is 8.94. The van der Waals surface area contributed by atoms with Gasteiger partial charge in [-0.15, -0.1) is 11.3 Å². The Hall–Kier alpha value is -2.53. The number of nitrogens with one attached hydrogen (secondary N) is 2. The molecule has 0 spiro atoms. The highest BCUT2D eigenvalue weighted by atomic mass is 32.1. The van der Waals surface area contributed by atoms with Gasteiger partial charge in [-0.05, 0) is 25.5 Å². The van der Waals surface area contributed by atoms with Crippen molar-refractivity contribution in [3.63, 3.8) is 0 Å². The SMILES string of the molecule is CCOC(=O)c1c(NC(=O)c2c(F)c(F)c(F)c(F)c2F)sc2c1CCNC2. The number of ether oxygens (including phenoxy) is 1. The van der Waals surface area contributed by atoms with E-state index in [4.69, 9.17) is 4.74 Å². The Morgan fingerprint density at radius 3 is 2.25 bits per heavy atom. The van der Waals surface area contributed by atoms with E-state index < -0.39 is 46.5 Å². The summed E-state index contributed by atoms with van der Waals surface area (Å²) >= 11 is 0.961. The maximum Gasteiger partial charge on any atom is 0.341 e. The molecule has 150 valence electrons. The normalized spacial score (nSPS) is 13.2. The lowest BCUT2D eigenvalue weighted by molar-refractivity contribution is 0.0526. The van der Waals surface area contributed by atoms with Crippen LogP contribution in [0.1, 0.15) is 38.1 Å². The average molecular weight is 420 g/mol. The van der Waals surface area contributed by atoms with Gasteiger partial charge in [-0.3, -0.25) is 4.79 Å². The zero-order valence-corrected chi connectivity index (χ0v) is 15.2. The number of rotatable bonds is 4. The predicted octanol–water partition coefficient (Wildman–Crippen LogP) is 3.52. The molecule has 1 aromatic carbocycles. The number of hydrogen-bond donors (Lipinski definition) is 2. The van der Waals surface area contributed by atoms with Crippen molar-refractivity contribution in [2.45, 2.75) is 19.9 Å². The molecule has 0 atom stereocenters. The van der Waals surface area contributed by atoms with Crippen molar-refractivity contribution in [3.8, 4) is 0 Å². The number of carbonyl (C=O) groups is 2.